The molecule has 0 aliphatic carbocycles. The number of rotatable bonds is 7. The van der Waals surface area contributed by atoms with Crippen LogP contribution in [-0.2, 0) is 0 Å². The SMILES string of the molecule is CCCOc1ccccc1NC(=O)c1ccc(-n2ccnc2SC)cc1. The molecule has 134 valence electrons. The molecular weight excluding hydrogens is 346 g/mol. The van der Waals surface area contributed by atoms with Crippen LogP contribution in [-0.4, -0.2) is 28.3 Å². The molecule has 3 rings (SSSR count). The summed E-state index contributed by atoms with van der Waals surface area (Å²) in [5.41, 5.74) is 2.23. The normalized spacial score (nSPS) is 10.5. The second kappa shape index (κ2) is 8.58. The number of nitrogens with zero attached hydrogens (tertiary/aromatic N) is 2. The van der Waals surface area contributed by atoms with Gasteiger partial charge in [-0.2, -0.15) is 0 Å². The van der Waals surface area contributed by atoms with Crippen LogP contribution < -0.4 is 10.1 Å². The lowest BCUT2D eigenvalue weighted by molar-refractivity contribution is 0.102. The monoisotopic (exact) mass is 367 g/mol. The molecule has 1 heterocycles. The standard InChI is InChI=1S/C20H21N3O2S/c1-3-14-25-18-7-5-4-6-17(18)22-19(24)15-8-10-16(11-9-15)23-13-12-21-20(23)26-2/h4-13H,3,14H2,1-2H3,(H,22,24). The van der Waals surface area contributed by atoms with Crippen molar-refractivity contribution in [2.45, 2.75) is 18.5 Å². The number of imidazole rings is 1. The molecule has 0 radical (unpaired) electrons. The number of thioether (sulfide) groups is 1. The van der Waals surface area contributed by atoms with E-state index < -0.39 is 0 Å². The molecular formula is C20H21N3O2S. The molecule has 26 heavy (non-hydrogen) atoms. The van der Waals surface area contributed by atoms with Gasteiger partial charge in [0.05, 0.1) is 12.3 Å². The van der Waals surface area contributed by atoms with E-state index in [1.165, 1.54) is 0 Å². The van der Waals surface area contributed by atoms with Gasteiger partial charge in [-0.1, -0.05) is 30.8 Å². The molecule has 3 aromatic rings. The van der Waals surface area contributed by atoms with Gasteiger partial charge in [0.25, 0.3) is 5.91 Å². The van der Waals surface area contributed by atoms with Gasteiger partial charge < -0.3 is 10.1 Å². The van der Waals surface area contributed by atoms with Crippen LogP contribution in [0.5, 0.6) is 5.75 Å². The van der Waals surface area contributed by atoms with Gasteiger partial charge in [0.2, 0.25) is 0 Å². The van der Waals surface area contributed by atoms with Gasteiger partial charge in [0, 0.05) is 23.6 Å². The quantitative estimate of drug-likeness (QED) is 0.618. The first-order chi connectivity index (χ1) is 12.7. The first kappa shape index (κ1) is 18.1. The predicted molar refractivity (Wildman–Crippen MR) is 106 cm³/mol. The number of benzene rings is 2. The van der Waals surface area contributed by atoms with Gasteiger partial charge in [-0.25, -0.2) is 4.98 Å². The summed E-state index contributed by atoms with van der Waals surface area (Å²) in [5.74, 6) is 0.516. The molecule has 5 nitrogen and oxygen atoms in total. The Morgan fingerprint density at radius 1 is 1.19 bits per heavy atom. The summed E-state index contributed by atoms with van der Waals surface area (Å²) in [7, 11) is 0. The van der Waals surface area contributed by atoms with Crippen LogP contribution >= 0.6 is 11.8 Å². The highest BCUT2D eigenvalue weighted by Gasteiger charge is 2.11. The third-order valence-corrected chi connectivity index (χ3v) is 4.46. The molecule has 0 fully saturated rings. The zero-order chi connectivity index (χ0) is 18.4. The van der Waals surface area contributed by atoms with Gasteiger partial charge in [-0.15, -0.1) is 0 Å². The number of aromatic nitrogens is 2. The highest BCUT2D eigenvalue weighted by Crippen LogP contribution is 2.25. The van der Waals surface area contributed by atoms with Crippen molar-refractivity contribution in [2.75, 3.05) is 18.2 Å². The summed E-state index contributed by atoms with van der Waals surface area (Å²) in [6, 6.07) is 14.9. The fourth-order valence-electron chi connectivity index (χ4n) is 2.51. The molecule has 6 heteroatoms. The molecule has 1 N–H and O–H groups in total. The van der Waals surface area contributed by atoms with E-state index in [1.54, 1.807) is 18.0 Å². The third kappa shape index (κ3) is 4.08. The molecule has 0 saturated carbocycles. The van der Waals surface area contributed by atoms with E-state index in [-0.39, 0.29) is 5.91 Å². The van der Waals surface area contributed by atoms with E-state index in [0.717, 1.165) is 17.3 Å². The molecule has 0 spiro atoms. The highest BCUT2D eigenvalue weighted by atomic mass is 32.2. The van der Waals surface area contributed by atoms with E-state index >= 15 is 0 Å². The minimum absolute atomic E-state index is 0.167. The predicted octanol–water partition coefficient (Wildman–Crippen LogP) is 4.64. The fourth-order valence-corrected chi connectivity index (χ4v) is 3.04. The Kier molecular flexibility index (Phi) is 5.96. The Balaban J connectivity index is 1.75. The van der Waals surface area contributed by atoms with Crippen LogP contribution in [0.4, 0.5) is 5.69 Å². The van der Waals surface area contributed by atoms with Crippen molar-refractivity contribution >= 4 is 23.4 Å². The number of nitrogens with one attached hydrogen (secondary N) is 1. The Bertz CT molecular complexity index is 875. The van der Waals surface area contributed by atoms with Crippen molar-refractivity contribution in [3.63, 3.8) is 0 Å². The summed E-state index contributed by atoms with van der Waals surface area (Å²) in [6.07, 6.45) is 6.57. The summed E-state index contributed by atoms with van der Waals surface area (Å²) in [4.78, 5) is 16.9. The zero-order valence-corrected chi connectivity index (χ0v) is 15.6. The van der Waals surface area contributed by atoms with Crippen molar-refractivity contribution in [3.8, 4) is 11.4 Å². The van der Waals surface area contributed by atoms with Crippen molar-refractivity contribution in [1.82, 2.24) is 9.55 Å². The van der Waals surface area contributed by atoms with Crippen LogP contribution in [0.25, 0.3) is 5.69 Å². The smallest absolute Gasteiger partial charge is 0.255 e. The third-order valence-electron chi connectivity index (χ3n) is 3.79. The topological polar surface area (TPSA) is 56.1 Å². The number of anilines is 1. The molecule has 0 unspecified atom stereocenters. The number of carbonyl (C=O) groups excluding carboxylic acids is 1. The number of carbonyl (C=O) groups is 1. The van der Waals surface area contributed by atoms with Gasteiger partial charge in [-0.3, -0.25) is 9.36 Å². The van der Waals surface area contributed by atoms with E-state index in [4.69, 9.17) is 4.74 Å². The second-order valence-electron chi connectivity index (χ2n) is 5.63. The number of hydrogen-bond acceptors (Lipinski definition) is 4. The molecule has 1 amide bonds. The van der Waals surface area contributed by atoms with Crippen LogP contribution in [0, 0.1) is 0 Å². The lowest BCUT2D eigenvalue weighted by atomic mass is 10.2. The maximum atomic E-state index is 12.6. The molecule has 0 atom stereocenters. The minimum atomic E-state index is -0.167. The van der Waals surface area contributed by atoms with Gasteiger partial charge in [0.15, 0.2) is 5.16 Å². The summed E-state index contributed by atoms with van der Waals surface area (Å²) < 4.78 is 7.68. The Labute approximate surface area is 157 Å². The molecule has 0 bridgehead atoms. The lowest BCUT2D eigenvalue weighted by Gasteiger charge is -2.12. The van der Waals surface area contributed by atoms with E-state index in [0.29, 0.717) is 23.6 Å². The minimum Gasteiger partial charge on any atom is -0.491 e. The molecule has 1 aromatic heterocycles. The number of ether oxygens (including phenoxy) is 1. The second-order valence-corrected chi connectivity index (χ2v) is 6.40. The summed E-state index contributed by atoms with van der Waals surface area (Å²) in [6.45, 7) is 2.66. The van der Waals surface area contributed by atoms with Crippen molar-refractivity contribution < 1.29 is 9.53 Å². The number of amides is 1. The van der Waals surface area contributed by atoms with E-state index in [9.17, 15) is 4.79 Å². The van der Waals surface area contributed by atoms with Crippen molar-refractivity contribution in [2.24, 2.45) is 0 Å². The van der Waals surface area contributed by atoms with Gasteiger partial charge in [-0.05, 0) is 49.1 Å². The number of para-hydroxylation sites is 2. The summed E-state index contributed by atoms with van der Waals surface area (Å²) >= 11 is 1.58. The van der Waals surface area contributed by atoms with Crippen molar-refractivity contribution in [1.29, 1.82) is 0 Å². The highest BCUT2D eigenvalue weighted by molar-refractivity contribution is 7.98. The van der Waals surface area contributed by atoms with Crippen LogP contribution in [0.15, 0.2) is 66.1 Å². The Morgan fingerprint density at radius 2 is 1.96 bits per heavy atom. The Hall–Kier alpha value is -2.73. The van der Waals surface area contributed by atoms with Gasteiger partial charge in [0.1, 0.15) is 5.75 Å². The largest absolute Gasteiger partial charge is 0.491 e. The first-order valence-electron chi connectivity index (χ1n) is 8.44. The van der Waals surface area contributed by atoms with Crippen LogP contribution in [0.2, 0.25) is 0 Å². The maximum Gasteiger partial charge on any atom is 0.255 e. The van der Waals surface area contributed by atoms with Gasteiger partial charge >= 0.3 is 0 Å². The Morgan fingerprint density at radius 3 is 2.69 bits per heavy atom. The zero-order valence-electron chi connectivity index (χ0n) is 14.8. The summed E-state index contributed by atoms with van der Waals surface area (Å²) in [5, 5.41) is 3.83. The van der Waals surface area contributed by atoms with Crippen LogP contribution in [0.1, 0.15) is 23.7 Å². The lowest BCUT2D eigenvalue weighted by Crippen LogP contribution is -2.13. The average Bonchev–Trinajstić information content (AvgIpc) is 3.16. The molecule has 0 aliphatic rings. The molecule has 2 aromatic carbocycles. The van der Waals surface area contributed by atoms with E-state index in [1.807, 2.05) is 72.5 Å². The molecule has 0 saturated heterocycles. The fraction of sp³-hybridized carbons (Fsp3) is 0.200. The van der Waals surface area contributed by atoms with E-state index in [2.05, 4.69) is 10.3 Å². The van der Waals surface area contributed by atoms with Crippen molar-refractivity contribution in [3.05, 3.63) is 66.5 Å². The molecule has 0 aliphatic heterocycles. The average molecular weight is 367 g/mol. The first-order valence-corrected chi connectivity index (χ1v) is 9.66. The van der Waals surface area contributed by atoms with Crippen LogP contribution in [0.3, 0.4) is 0 Å². The number of hydrogen-bond donors (Lipinski definition) is 1. The maximum absolute atomic E-state index is 12.6.